The van der Waals surface area contributed by atoms with E-state index < -0.39 is 11.9 Å². The van der Waals surface area contributed by atoms with Crippen molar-refractivity contribution in [3.63, 3.8) is 0 Å². The first-order valence-corrected chi connectivity index (χ1v) is 15.0. The van der Waals surface area contributed by atoms with Gasteiger partial charge in [-0.05, 0) is 44.6 Å². The van der Waals surface area contributed by atoms with Gasteiger partial charge in [-0.2, -0.15) is 5.10 Å². The van der Waals surface area contributed by atoms with E-state index >= 15 is 4.39 Å². The Morgan fingerprint density at radius 2 is 1.98 bits per heavy atom. The number of hydrogen-bond acceptors (Lipinski definition) is 10. The molecule has 0 aliphatic heterocycles. The Bertz CT molecular complexity index is 1750. The van der Waals surface area contributed by atoms with Gasteiger partial charge in [-0.1, -0.05) is 13.2 Å². The Labute approximate surface area is 269 Å². The molecule has 0 fully saturated rings. The van der Waals surface area contributed by atoms with Crippen molar-refractivity contribution in [2.45, 2.75) is 13.0 Å². The largest absolute Gasteiger partial charge is 0.491 e. The number of H-pyrrole nitrogens is 1. The van der Waals surface area contributed by atoms with Crippen molar-refractivity contribution in [2.24, 2.45) is 0 Å². The average Bonchev–Trinajstić information content (AvgIpc) is 3.73. The van der Waals surface area contributed by atoms with Crippen molar-refractivity contribution < 1.29 is 27.8 Å². The molecule has 14 heteroatoms. The zero-order chi connectivity index (χ0) is 33.2. The van der Waals surface area contributed by atoms with Crippen LogP contribution in [0.3, 0.4) is 0 Å². The van der Waals surface area contributed by atoms with Crippen molar-refractivity contribution in [2.75, 3.05) is 47.6 Å². The summed E-state index contributed by atoms with van der Waals surface area (Å²) in [4.78, 5) is 27.6. The van der Waals surface area contributed by atoms with Crippen molar-refractivity contribution in [3.05, 3.63) is 84.4 Å². The first kappa shape index (κ1) is 34.1. The molecule has 0 aliphatic carbocycles. The minimum atomic E-state index is -0.930. The fourth-order valence-electron chi connectivity index (χ4n) is 4.38. The highest BCUT2D eigenvalue weighted by atomic mass is 32.1. The van der Waals surface area contributed by atoms with Crippen LogP contribution in [0.5, 0.6) is 6.01 Å². The SMILES string of the molecule is C=CC(=O)N[C@H](C)c1cc(-c2nc(-c3cnc(OCCN(C)C)nc3)c3ccsc3c2/C(C(=C)OCCOC)=C(F)/C=C/F)n[nH]1. The molecular formula is C32H35F2N7O4S. The number of pyridine rings is 1. The Balaban J connectivity index is 1.92. The Morgan fingerprint density at radius 1 is 1.22 bits per heavy atom. The second-order valence-corrected chi connectivity index (χ2v) is 11.1. The number of aromatic amines is 1. The third-order valence-corrected chi connectivity index (χ3v) is 7.60. The van der Waals surface area contributed by atoms with Crippen molar-refractivity contribution in [3.8, 4) is 28.7 Å². The fraction of sp³-hybridized carbons (Fsp3) is 0.281. The van der Waals surface area contributed by atoms with Crippen LogP contribution in [0.1, 0.15) is 24.2 Å². The van der Waals surface area contributed by atoms with Crippen LogP contribution in [-0.2, 0) is 14.3 Å². The molecule has 2 N–H and O–H groups in total. The summed E-state index contributed by atoms with van der Waals surface area (Å²) in [5, 5.41) is 12.7. The molecule has 4 heterocycles. The van der Waals surface area contributed by atoms with Gasteiger partial charge >= 0.3 is 6.01 Å². The first-order chi connectivity index (χ1) is 22.2. The number of aromatic nitrogens is 5. The molecule has 1 atom stereocenters. The maximum atomic E-state index is 15.8. The Morgan fingerprint density at radius 3 is 2.65 bits per heavy atom. The lowest BCUT2D eigenvalue weighted by atomic mass is 9.96. The average molecular weight is 652 g/mol. The zero-order valence-electron chi connectivity index (χ0n) is 26.0. The summed E-state index contributed by atoms with van der Waals surface area (Å²) in [6, 6.07) is 3.28. The lowest BCUT2D eigenvalue weighted by Gasteiger charge is -2.18. The van der Waals surface area contributed by atoms with E-state index in [-0.39, 0.29) is 54.1 Å². The zero-order valence-corrected chi connectivity index (χ0v) is 26.8. The number of nitrogens with zero attached hydrogens (tertiary/aromatic N) is 5. The van der Waals surface area contributed by atoms with Crippen LogP contribution in [-0.4, -0.2) is 83.5 Å². The fourth-order valence-corrected chi connectivity index (χ4v) is 5.32. The molecule has 0 spiro atoms. The highest BCUT2D eigenvalue weighted by Gasteiger charge is 2.27. The third-order valence-electron chi connectivity index (χ3n) is 6.67. The van der Waals surface area contributed by atoms with Crippen molar-refractivity contribution in [1.29, 1.82) is 0 Å². The molecule has 242 valence electrons. The number of allylic oxidation sites excluding steroid dienone is 3. The number of amides is 1. The quantitative estimate of drug-likeness (QED) is 0.0670. The molecule has 4 rings (SSSR count). The highest BCUT2D eigenvalue weighted by Crippen LogP contribution is 2.44. The molecule has 0 saturated carbocycles. The number of methoxy groups -OCH3 is 1. The summed E-state index contributed by atoms with van der Waals surface area (Å²) >= 11 is 1.33. The van der Waals surface area contributed by atoms with Gasteiger partial charge in [-0.3, -0.25) is 9.89 Å². The number of rotatable bonds is 16. The maximum absolute atomic E-state index is 15.8. The normalized spacial score (nSPS) is 12.8. The maximum Gasteiger partial charge on any atom is 0.316 e. The van der Waals surface area contributed by atoms with Gasteiger partial charge in [-0.15, -0.1) is 11.3 Å². The summed E-state index contributed by atoms with van der Waals surface area (Å²) in [5.41, 5.74) is 2.38. The van der Waals surface area contributed by atoms with Gasteiger partial charge in [0.1, 0.15) is 36.2 Å². The molecule has 4 aromatic heterocycles. The molecule has 0 bridgehead atoms. The van der Waals surface area contributed by atoms with Crippen molar-refractivity contribution >= 4 is 32.9 Å². The molecule has 0 aromatic carbocycles. The predicted molar refractivity (Wildman–Crippen MR) is 174 cm³/mol. The lowest BCUT2D eigenvalue weighted by molar-refractivity contribution is -0.117. The number of halogens is 2. The smallest absolute Gasteiger partial charge is 0.316 e. The second kappa shape index (κ2) is 16.0. The van der Waals surface area contributed by atoms with E-state index in [1.54, 1.807) is 25.4 Å². The summed E-state index contributed by atoms with van der Waals surface area (Å²) in [5.74, 6) is -1.35. The number of thiophene rings is 1. The van der Waals surface area contributed by atoms with Crippen LogP contribution in [0.2, 0.25) is 0 Å². The lowest BCUT2D eigenvalue weighted by Crippen LogP contribution is -2.24. The van der Waals surface area contributed by atoms with Gasteiger partial charge in [0.25, 0.3) is 0 Å². The summed E-state index contributed by atoms with van der Waals surface area (Å²) in [7, 11) is 5.38. The molecular weight excluding hydrogens is 616 g/mol. The van der Waals surface area contributed by atoms with Crippen LogP contribution in [0.4, 0.5) is 8.78 Å². The number of nitrogens with one attached hydrogen (secondary N) is 2. The number of carbonyl (C=O) groups excluding carboxylic acids is 1. The topological polar surface area (TPSA) is 127 Å². The summed E-state index contributed by atoms with van der Waals surface area (Å²) < 4.78 is 46.3. The van der Waals surface area contributed by atoms with E-state index in [1.807, 2.05) is 30.4 Å². The van der Waals surface area contributed by atoms with Crippen LogP contribution in [0.15, 0.2) is 73.1 Å². The molecule has 0 radical (unpaired) electrons. The third kappa shape index (κ3) is 8.07. The molecule has 11 nitrogen and oxygen atoms in total. The molecule has 4 aromatic rings. The number of carbonyl (C=O) groups is 1. The van der Waals surface area contributed by atoms with Crippen molar-refractivity contribution in [1.82, 2.24) is 35.4 Å². The summed E-state index contributed by atoms with van der Waals surface area (Å²) in [6.07, 6.45) is 5.14. The van der Waals surface area contributed by atoms with E-state index in [0.717, 1.165) is 0 Å². The van der Waals surface area contributed by atoms with E-state index in [2.05, 4.69) is 38.6 Å². The number of ether oxygens (including phenoxy) is 3. The van der Waals surface area contributed by atoms with Gasteiger partial charge in [-0.25, -0.2) is 23.7 Å². The Hall–Kier alpha value is -4.79. The molecule has 0 saturated heterocycles. The molecule has 0 unspecified atom stereocenters. The minimum absolute atomic E-state index is 0.0527. The number of likely N-dealkylation sites (N-methyl/N-ethyl adjacent to an activating group) is 1. The minimum Gasteiger partial charge on any atom is -0.491 e. The van der Waals surface area contributed by atoms with Gasteiger partial charge in [0.15, 0.2) is 0 Å². The van der Waals surface area contributed by atoms with Gasteiger partial charge < -0.3 is 24.4 Å². The monoisotopic (exact) mass is 651 g/mol. The molecule has 0 aliphatic rings. The Kier molecular flexibility index (Phi) is 11.8. The molecule has 46 heavy (non-hydrogen) atoms. The molecule has 1 amide bonds. The van der Waals surface area contributed by atoms with E-state index in [0.29, 0.717) is 52.0 Å². The van der Waals surface area contributed by atoms with Gasteiger partial charge in [0, 0.05) is 53.3 Å². The van der Waals surface area contributed by atoms with E-state index in [9.17, 15) is 9.18 Å². The van der Waals surface area contributed by atoms with Gasteiger partial charge in [0.05, 0.1) is 35.9 Å². The highest BCUT2D eigenvalue weighted by molar-refractivity contribution is 7.17. The van der Waals surface area contributed by atoms with E-state index in [4.69, 9.17) is 19.2 Å². The van der Waals surface area contributed by atoms with Crippen LogP contribution < -0.4 is 10.1 Å². The number of hydrogen-bond donors (Lipinski definition) is 2. The second-order valence-electron chi connectivity index (χ2n) is 10.2. The summed E-state index contributed by atoms with van der Waals surface area (Å²) in [6.45, 7) is 10.6. The van der Waals surface area contributed by atoms with Gasteiger partial charge in [0.2, 0.25) is 5.91 Å². The first-order valence-electron chi connectivity index (χ1n) is 14.2. The van der Waals surface area contributed by atoms with Crippen LogP contribution in [0.25, 0.3) is 38.3 Å². The van der Waals surface area contributed by atoms with E-state index in [1.165, 1.54) is 24.5 Å². The number of fused-ring (bicyclic) bond motifs is 1. The van der Waals surface area contributed by atoms with Crippen LogP contribution >= 0.6 is 11.3 Å². The standard InChI is InChI=1S/C32H35F2N7O4S/c1-7-26(42)37-19(2)24-16-25(40-39-24)30-28(27(23(34)8-10-33)20(3)44-14-13-43-6)31-22(9-15-46-31)29(38-30)21-17-35-32(36-18-21)45-12-11-41(4)5/h7-10,15-19H,1,3,11-14H2,2,4-6H3,(H,37,42)(H,39,40)/b10-8+,27-23-/t19-/m1/s1. The predicted octanol–water partition coefficient (Wildman–Crippen LogP) is 5.79. The van der Waals surface area contributed by atoms with Crippen LogP contribution in [0, 0.1) is 0 Å².